The van der Waals surface area contributed by atoms with E-state index in [1.165, 1.54) is 6.26 Å². The van der Waals surface area contributed by atoms with E-state index in [4.69, 9.17) is 28.2 Å². The lowest BCUT2D eigenvalue weighted by atomic mass is 10.1. The maximum Gasteiger partial charge on any atom is 0.289 e. The van der Waals surface area contributed by atoms with Crippen LogP contribution in [0.4, 0.5) is 5.69 Å². The summed E-state index contributed by atoms with van der Waals surface area (Å²) in [6.07, 6.45) is 1.51. The van der Waals surface area contributed by atoms with Crippen LogP contribution < -0.4 is 5.32 Å². The van der Waals surface area contributed by atoms with E-state index in [1.807, 2.05) is 19.9 Å². The summed E-state index contributed by atoms with van der Waals surface area (Å²) in [5, 5.41) is 4.53. The first-order valence-corrected chi connectivity index (χ1v) is 8.90. The van der Waals surface area contributed by atoms with Crippen LogP contribution in [0.15, 0.2) is 34.9 Å². The zero-order chi connectivity index (χ0) is 18.0. The lowest BCUT2D eigenvalue weighted by molar-refractivity contribution is 0.0661. The van der Waals surface area contributed by atoms with Crippen molar-refractivity contribution in [3.05, 3.63) is 52.4 Å². The number of piperazine rings is 1. The Morgan fingerprint density at radius 3 is 2.48 bits per heavy atom. The first kappa shape index (κ1) is 17.8. The highest BCUT2D eigenvalue weighted by molar-refractivity contribution is 7.80. The van der Waals surface area contributed by atoms with Gasteiger partial charge in [0.1, 0.15) is 0 Å². The van der Waals surface area contributed by atoms with Crippen LogP contribution in [0.25, 0.3) is 0 Å². The van der Waals surface area contributed by atoms with Crippen LogP contribution in [-0.2, 0) is 0 Å². The summed E-state index contributed by atoms with van der Waals surface area (Å²) < 4.78 is 5.18. The second kappa shape index (κ2) is 7.45. The third-order valence-corrected chi connectivity index (χ3v) is 4.91. The molecule has 7 heteroatoms. The van der Waals surface area contributed by atoms with Crippen molar-refractivity contribution in [2.45, 2.75) is 13.8 Å². The number of nitrogens with one attached hydrogen (secondary N) is 1. The number of rotatable bonds is 2. The van der Waals surface area contributed by atoms with E-state index in [2.05, 4.69) is 16.3 Å². The fourth-order valence-corrected chi connectivity index (χ4v) is 3.58. The van der Waals surface area contributed by atoms with Gasteiger partial charge in [0.15, 0.2) is 10.9 Å². The van der Waals surface area contributed by atoms with Gasteiger partial charge in [0.2, 0.25) is 0 Å². The average Bonchev–Trinajstić information content (AvgIpc) is 3.12. The number of benzene rings is 1. The van der Waals surface area contributed by atoms with E-state index in [0.717, 1.165) is 16.8 Å². The molecule has 1 fully saturated rings. The number of halogens is 1. The SMILES string of the molecule is Cc1cc(C)c(NC(=S)N2CCN(C(=O)c3ccco3)CC2)c(Cl)c1. The van der Waals surface area contributed by atoms with Gasteiger partial charge in [0, 0.05) is 26.2 Å². The summed E-state index contributed by atoms with van der Waals surface area (Å²) in [7, 11) is 0. The molecule has 1 aromatic heterocycles. The molecule has 25 heavy (non-hydrogen) atoms. The minimum absolute atomic E-state index is 0.0825. The molecular formula is C18H20ClN3O2S. The maximum atomic E-state index is 12.3. The zero-order valence-electron chi connectivity index (χ0n) is 14.2. The Bertz CT molecular complexity index is 761. The van der Waals surface area contributed by atoms with E-state index in [-0.39, 0.29) is 5.91 Å². The van der Waals surface area contributed by atoms with Crippen LogP contribution in [0, 0.1) is 13.8 Å². The Morgan fingerprint density at radius 1 is 1.20 bits per heavy atom. The predicted octanol–water partition coefficient (Wildman–Crippen LogP) is 3.70. The van der Waals surface area contributed by atoms with Crippen molar-refractivity contribution in [3.8, 4) is 0 Å². The summed E-state index contributed by atoms with van der Waals surface area (Å²) in [5.41, 5.74) is 3.01. The fraction of sp³-hybridized carbons (Fsp3) is 0.333. The molecule has 1 aliphatic heterocycles. The molecule has 1 amide bonds. The van der Waals surface area contributed by atoms with Gasteiger partial charge in [-0.3, -0.25) is 4.79 Å². The quantitative estimate of drug-likeness (QED) is 0.808. The van der Waals surface area contributed by atoms with Gasteiger partial charge in [-0.1, -0.05) is 17.7 Å². The van der Waals surface area contributed by atoms with Crippen LogP contribution in [-0.4, -0.2) is 47.0 Å². The first-order chi connectivity index (χ1) is 12.0. The van der Waals surface area contributed by atoms with Crippen LogP contribution in [0.1, 0.15) is 21.7 Å². The first-order valence-electron chi connectivity index (χ1n) is 8.11. The highest BCUT2D eigenvalue weighted by Crippen LogP contribution is 2.27. The second-order valence-electron chi connectivity index (χ2n) is 6.13. The van der Waals surface area contributed by atoms with Gasteiger partial charge in [0.25, 0.3) is 5.91 Å². The minimum atomic E-state index is -0.0825. The molecule has 1 aromatic carbocycles. The van der Waals surface area contributed by atoms with Crippen LogP contribution in [0.2, 0.25) is 5.02 Å². The van der Waals surface area contributed by atoms with Gasteiger partial charge < -0.3 is 19.5 Å². The summed E-state index contributed by atoms with van der Waals surface area (Å²) in [6, 6.07) is 7.38. The molecule has 132 valence electrons. The summed E-state index contributed by atoms with van der Waals surface area (Å²) >= 11 is 11.9. The number of hydrogen-bond donors (Lipinski definition) is 1. The maximum absolute atomic E-state index is 12.3. The molecule has 0 radical (unpaired) electrons. The molecule has 0 bridgehead atoms. The Morgan fingerprint density at radius 2 is 1.88 bits per heavy atom. The molecule has 1 saturated heterocycles. The van der Waals surface area contributed by atoms with Crippen molar-refractivity contribution in [2.75, 3.05) is 31.5 Å². The summed E-state index contributed by atoms with van der Waals surface area (Å²) in [6.45, 7) is 6.55. The minimum Gasteiger partial charge on any atom is -0.459 e. The van der Waals surface area contributed by atoms with Crippen molar-refractivity contribution < 1.29 is 9.21 Å². The molecule has 5 nitrogen and oxygen atoms in total. The lowest BCUT2D eigenvalue weighted by Crippen LogP contribution is -2.51. The number of carbonyl (C=O) groups excluding carboxylic acids is 1. The van der Waals surface area contributed by atoms with Crippen molar-refractivity contribution in [1.29, 1.82) is 0 Å². The number of hydrogen-bond acceptors (Lipinski definition) is 3. The number of amides is 1. The van der Waals surface area contributed by atoms with Gasteiger partial charge in [-0.25, -0.2) is 0 Å². The molecule has 2 aromatic rings. The molecule has 0 atom stereocenters. The number of nitrogens with zero attached hydrogens (tertiary/aromatic N) is 2. The molecule has 0 spiro atoms. The Balaban J connectivity index is 1.60. The highest BCUT2D eigenvalue weighted by atomic mass is 35.5. The summed E-state index contributed by atoms with van der Waals surface area (Å²) in [5.74, 6) is 0.289. The molecule has 0 saturated carbocycles. The van der Waals surface area contributed by atoms with Crippen molar-refractivity contribution in [2.24, 2.45) is 0 Å². The third kappa shape index (κ3) is 3.96. The third-order valence-electron chi connectivity index (χ3n) is 4.25. The average molecular weight is 378 g/mol. The largest absolute Gasteiger partial charge is 0.459 e. The Hall–Kier alpha value is -2.05. The van der Waals surface area contributed by atoms with Crippen LogP contribution >= 0.6 is 23.8 Å². The molecule has 1 N–H and O–H groups in total. The number of anilines is 1. The number of aryl methyl sites for hydroxylation is 2. The normalized spacial score (nSPS) is 14.5. The molecule has 3 rings (SSSR count). The van der Waals surface area contributed by atoms with Gasteiger partial charge in [-0.2, -0.15) is 0 Å². The molecular weight excluding hydrogens is 358 g/mol. The highest BCUT2D eigenvalue weighted by Gasteiger charge is 2.25. The number of furan rings is 1. The van der Waals surface area contributed by atoms with Gasteiger partial charge >= 0.3 is 0 Å². The zero-order valence-corrected chi connectivity index (χ0v) is 15.8. The van der Waals surface area contributed by atoms with E-state index < -0.39 is 0 Å². The van der Waals surface area contributed by atoms with E-state index in [0.29, 0.717) is 42.1 Å². The Labute approximate surface area is 157 Å². The Kier molecular flexibility index (Phi) is 5.30. The standard InChI is InChI=1S/C18H20ClN3O2S/c1-12-10-13(2)16(14(19)11-12)20-18(25)22-7-5-21(6-8-22)17(23)15-4-3-9-24-15/h3-4,9-11H,5-8H2,1-2H3,(H,20,25). The van der Waals surface area contributed by atoms with Crippen molar-refractivity contribution >= 4 is 40.5 Å². The van der Waals surface area contributed by atoms with Gasteiger partial charge in [-0.15, -0.1) is 0 Å². The van der Waals surface area contributed by atoms with E-state index in [1.54, 1.807) is 17.0 Å². The lowest BCUT2D eigenvalue weighted by Gasteiger charge is -2.36. The molecule has 1 aliphatic rings. The number of thiocarbonyl (C=S) groups is 1. The smallest absolute Gasteiger partial charge is 0.289 e. The second-order valence-corrected chi connectivity index (χ2v) is 6.92. The van der Waals surface area contributed by atoms with E-state index in [9.17, 15) is 4.79 Å². The molecule has 0 aliphatic carbocycles. The van der Waals surface area contributed by atoms with Gasteiger partial charge in [-0.05, 0) is 55.4 Å². The topological polar surface area (TPSA) is 48.7 Å². The van der Waals surface area contributed by atoms with Crippen molar-refractivity contribution in [1.82, 2.24) is 9.80 Å². The van der Waals surface area contributed by atoms with E-state index >= 15 is 0 Å². The summed E-state index contributed by atoms with van der Waals surface area (Å²) in [4.78, 5) is 16.1. The predicted molar refractivity (Wildman–Crippen MR) is 103 cm³/mol. The van der Waals surface area contributed by atoms with Crippen molar-refractivity contribution in [3.63, 3.8) is 0 Å². The molecule has 0 unspecified atom stereocenters. The number of carbonyl (C=O) groups is 1. The fourth-order valence-electron chi connectivity index (χ4n) is 2.93. The molecule has 2 heterocycles. The van der Waals surface area contributed by atoms with Crippen LogP contribution in [0.3, 0.4) is 0 Å². The van der Waals surface area contributed by atoms with Crippen LogP contribution in [0.5, 0.6) is 0 Å². The monoisotopic (exact) mass is 377 g/mol. The van der Waals surface area contributed by atoms with Gasteiger partial charge in [0.05, 0.1) is 17.0 Å².